The Bertz CT molecular complexity index is 566. The van der Waals surface area contributed by atoms with Crippen LogP contribution in [0.3, 0.4) is 0 Å². The summed E-state index contributed by atoms with van der Waals surface area (Å²) in [5.41, 5.74) is 1.11. The average Bonchev–Trinajstić information content (AvgIpc) is 2.45. The van der Waals surface area contributed by atoms with Crippen LogP contribution in [-0.2, 0) is 17.0 Å². The maximum absolute atomic E-state index is 9.77. The molecule has 0 fully saturated rings. The predicted octanol–water partition coefficient (Wildman–Crippen LogP) is 3.45. The van der Waals surface area contributed by atoms with E-state index in [-0.39, 0.29) is 0 Å². The second-order valence-electron chi connectivity index (χ2n) is 3.69. The van der Waals surface area contributed by atoms with E-state index in [0.717, 1.165) is 10.9 Å². The molecule has 0 aliphatic heterocycles. The van der Waals surface area contributed by atoms with E-state index in [1.165, 1.54) is 5.30 Å². The van der Waals surface area contributed by atoms with Gasteiger partial charge in [-0.3, -0.25) is 4.99 Å². The fourth-order valence-electron chi connectivity index (χ4n) is 1.59. The molecule has 0 heterocycles. The third kappa shape index (κ3) is 5.95. The van der Waals surface area contributed by atoms with Crippen molar-refractivity contribution in [3.8, 4) is 5.75 Å². The van der Waals surface area contributed by atoms with E-state index in [0.29, 0.717) is 14.3 Å². The molecule has 2 aromatic rings. The molecular weight excluding hydrogens is 348 g/mol. The standard InChI is InChI=1S/C14H14NOP.2ClH.Ti/c1-15-10-11-6-2-4-8-13(11)17-14-9-5-3-7-12(14)16;;;/h2-10,16-17H,1H3;2*1H;/q;;;+2/p-2. The van der Waals surface area contributed by atoms with E-state index in [9.17, 15) is 5.11 Å². The SMILES string of the molecule is CN=Cc1ccccc1Pc1ccccc1O.[Cl][Ti][Cl]. The number of rotatable bonds is 3. The number of hydrogen-bond acceptors (Lipinski definition) is 2. The maximum atomic E-state index is 9.77. The topological polar surface area (TPSA) is 32.6 Å². The Hall–Kier alpha value is -0.366. The number of para-hydroxylation sites is 1. The van der Waals surface area contributed by atoms with Gasteiger partial charge in [0.2, 0.25) is 0 Å². The average molecular weight is 362 g/mol. The molecule has 0 aromatic heterocycles. The van der Waals surface area contributed by atoms with Gasteiger partial charge >= 0.3 is 35.6 Å². The number of benzene rings is 2. The van der Waals surface area contributed by atoms with E-state index in [1.54, 1.807) is 13.1 Å². The van der Waals surface area contributed by atoms with E-state index in [1.807, 2.05) is 42.6 Å². The van der Waals surface area contributed by atoms with Crippen molar-refractivity contribution in [2.45, 2.75) is 0 Å². The van der Waals surface area contributed by atoms with E-state index >= 15 is 0 Å². The Labute approximate surface area is 137 Å². The van der Waals surface area contributed by atoms with Gasteiger partial charge < -0.3 is 5.11 Å². The predicted molar refractivity (Wildman–Crippen MR) is 87.4 cm³/mol. The molecule has 0 aliphatic carbocycles. The number of phenols is 1. The molecule has 0 saturated carbocycles. The number of hydrogen-bond donors (Lipinski definition) is 1. The summed E-state index contributed by atoms with van der Waals surface area (Å²) in [6.07, 6.45) is 1.85. The van der Waals surface area contributed by atoms with Crippen LogP contribution < -0.4 is 10.6 Å². The van der Waals surface area contributed by atoms with Gasteiger partial charge in [0, 0.05) is 18.6 Å². The molecule has 2 nitrogen and oxygen atoms in total. The second kappa shape index (κ2) is 10.4. The number of phenolic OH excluding ortho intramolecular Hbond substituents is 1. The number of aromatic hydroxyl groups is 1. The van der Waals surface area contributed by atoms with Gasteiger partial charge in [-0.15, -0.1) is 0 Å². The monoisotopic (exact) mass is 361 g/mol. The zero-order valence-corrected chi connectivity index (χ0v) is 14.9. The van der Waals surface area contributed by atoms with Crippen LogP contribution >= 0.6 is 27.2 Å². The van der Waals surface area contributed by atoms with Gasteiger partial charge in [-0.1, -0.05) is 51.0 Å². The number of aliphatic imine (C=N–C) groups is 1. The van der Waals surface area contributed by atoms with Crippen molar-refractivity contribution in [2.24, 2.45) is 4.99 Å². The molecule has 104 valence electrons. The molecule has 1 unspecified atom stereocenters. The van der Waals surface area contributed by atoms with Crippen molar-refractivity contribution < 1.29 is 22.1 Å². The molecule has 2 rings (SSSR count). The van der Waals surface area contributed by atoms with E-state index in [4.69, 9.17) is 18.6 Å². The van der Waals surface area contributed by atoms with Crippen LogP contribution in [0.15, 0.2) is 53.5 Å². The van der Waals surface area contributed by atoms with Gasteiger partial charge in [0.15, 0.2) is 0 Å². The molecule has 0 amide bonds. The van der Waals surface area contributed by atoms with Crippen molar-refractivity contribution in [3.63, 3.8) is 0 Å². The fraction of sp³-hybridized carbons (Fsp3) is 0.0714. The summed E-state index contributed by atoms with van der Waals surface area (Å²) in [6.45, 7) is 0. The zero-order chi connectivity index (χ0) is 14.8. The zero-order valence-electron chi connectivity index (χ0n) is 10.8. The Kier molecular flexibility index (Phi) is 9.17. The van der Waals surface area contributed by atoms with Gasteiger partial charge in [0.25, 0.3) is 0 Å². The van der Waals surface area contributed by atoms with Crippen LogP contribution in [0.2, 0.25) is 0 Å². The van der Waals surface area contributed by atoms with Crippen LogP contribution in [-0.4, -0.2) is 18.4 Å². The van der Waals surface area contributed by atoms with Crippen LogP contribution in [0.4, 0.5) is 0 Å². The van der Waals surface area contributed by atoms with Gasteiger partial charge in [0.05, 0.1) is 0 Å². The molecule has 0 radical (unpaired) electrons. The minimum atomic E-state index is -0.556. The Morgan fingerprint density at radius 1 is 1.05 bits per heavy atom. The number of halogens is 2. The quantitative estimate of drug-likeness (QED) is 0.507. The van der Waals surface area contributed by atoms with Crippen molar-refractivity contribution in [1.29, 1.82) is 0 Å². The first kappa shape index (κ1) is 17.7. The third-order valence-electron chi connectivity index (χ3n) is 2.40. The third-order valence-corrected chi connectivity index (χ3v) is 3.82. The minimum absolute atomic E-state index is 0.356. The Morgan fingerprint density at radius 3 is 2.20 bits per heavy atom. The van der Waals surface area contributed by atoms with E-state index < -0.39 is 17.0 Å². The summed E-state index contributed by atoms with van der Waals surface area (Å²) >= 11 is -0.556. The van der Waals surface area contributed by atoms with Crippen LogP contribution in [0.1, 0.15) is 5.56 Å². The van der Waals surface area contributed by atoms with Gasteiger partial charge in [-0.2, -0.15) is 0 Å². The van der Waals surface area contributed by atoms with Gasteiger partial charge in [-0.05, 0) is 16.9 Å². The van der Waals surface area contributed by atoms with Gasteiger partial charge in [0.1, 0.15) is 5.75 Å². The molecule has 20 heavy (non-hydrogen) atoms. The van der Waals surface area contributed by atoms with Crippen molar-refractivity contribution in [1.82, 2.24) is 0 Å². The molecular formula is C14H14Cl2NOPTi. The van der Waals surface area contributed by atoms with Crippen LogP contribution in [0.5, 0.6) is 5.75 Å². The molecule has 0 bridgehead atoms. The molecule has 0 aliphatic rings. The molecule has 0 spiro atoms. The summed E-state index contributed by atoms with van der Waals surface area (Å²) in [5, 5.41) is 11.9. The van der Waals surface area contributed by atoms with Crippen molar-refractivity contribution >= 4 is 44.0 Å². The second-order valence-corrected chi connectivity index (χ2v) is 7.59. The Balaban J connectivity index is 0.000000612. The van der Waals surface area contributed by atoms with Crippen molar-refractivity contribution in [2.75, 3.05) is 7.05 Å². The summed E-state index contributed by atoms with van der Waals surface area (Å²) in [5.74, 6) is 0.356. The summed E-state index contributed by atoms with van der Waals surface area (Å²) in [6, 6.07) is 15.6. The first-order valence-corrected chi connectivity index (χ1v) is 11.0. The summed E-state index contributed by atoms with van der Waals surface area (Å²) in [7, 11) is 12.0. The molecule has 2 aromatic carbocycles. The molecule has 0 saturated heterocycles. The normalized spacial score (nSPS) is 10.6. The number of nitrogens with zero attached hydrogens (tertiary/aromatic N) is 1. The van der Waals surface area contributed by atoms with Crippen molar-refractivity contribution in [3.05, 3.63) is 54.1 Å². The van der Waals surface area contributed by atoms with Crippen LogP contribution in [0.25, 0.3) is 0 Å². The summed E-state index contributed by atoms with van der Waals surface area (Å²) in [4.78, 5) is 4.05. The molecule has 1 atom stereocenters. The first-order chi connectivity index (χ1) is 9.72. The molecule has 6 heteroatoms. The van der Waals surface area contributed by atoms with Crippen LogP contribution in [0, 0.1) is 0 Å². The van der Waals surface area contributed by atoms with Gasteiger partial charge in [-0.25, -0.2) is 0 Å². The summed E-state index contributed by atoms with van der Waals surface area (Å²) < 4.78 is 0. The Morgan fingerprint density at radius 2 is 1.60 bits per heavy atom. The van der Waals surface area contributed by atoms with E-state index in [2.05, 4.69) is 11.1 Å². The molecule has 1 N–H and O–H groups in total. The first-order valence-electron chi connectivity index (χ1n) is 5.75. The fourth-order valence-corrected chi connectivity index (χ4v) is 2.74.